The zero-order valence-corrected chi connectivity index (χ0v) is 16.9. The summed E-state index contributed by atoms with van der Waals surface area (Å²) >= 11 is 0. The van der Waals surface area contributed by atoms with Gasteiger partial charge in [0.2, 0.25) is 17.7 Å². The number of hydrogen-bond acceptors (Lipinski definition) is 5. The minimum Gasteiger partial charge on any atom is -0.422 e. The molecular weight excluding hydrogens is 411 g/mol. The number of alkyl halides is 3. The van der Waals surface area contributed by atoms with Crippen molar-refractivity contribution in [1.29, 1.82) is 0 Å². The molecule has 1 aromatic heterocycles. The molecule has 0 aliphatic carbocycles. The second-order valence-electron chi connectivity index (χ2n) is 6.86. The molecule has 1 unspecified atom stereocenters. The van der Waals surface area contributed by atoms with Crippen LogP contribution in [0.3, 0.4) is 0 Å². The number of hydrogen-bond donors (Lipinski definition) is 1. The van der Waals surface area contributed by atoms with Crippen molar-refractivity contribution in [3.63, 3.8) is 0 Å². The van der Waals surface area contributed by atoms with Crippen LogP contribution >= 0.6 is 0 Å². The molecule has 0 aliphatic rings. The zero-order valence-electron chi connectivity index (χ0n) is 16.9. The summed E-state index contributed by atoms with van der Waals surface area (Å²) in [4.78, 5) is 12.0. The highest BCUT2D eigenvalue weighted by molar-refractivity contribution is 5.76. The van der Waals surface area contributed by atoms with Crippen LogP contribution in [0.2, 0.25) is 0 Å². The molecular formula is C22H22F3N3O3. The van der Waals surface area contributed by atoms with Crippen molar-refractivity contribution in [3.05, 3.63) is 83.1 Å². The number of nitrogens with one attached hydrogen (secondary N) is 1. The molecule has 1 amide bonds. The molecule has 1 heterocycles. The number of aryl methyl sites for hydroxylation is 1. The smallest absolute Gasteiger partial charge is 0.416 e. The van der Waals surface area contributed by atoms with Gasteiger partial charge in [-0.3, -0.25) is 4.79 Å². The average Bonchev–Trinajstić information content (AvgIpc) is 3.22. The zero-order chi connectivity index (χ0) is 22.3. The molecule has 0 bridgehead atoms. The fourth-order valence-corrected chi connectivity index (χ4v) is 3.00. The van der Waals surface area contributed by atoms with E-state index in [0.717, 1.165) is 17.7 Å². The third-order valence-electron chi connectivity index (χ3n) is 4.63. The summed E-state index contributed by atoms with van der Waals surface area (Å²) in [5.41, 5.74) is 0.893. The third-order valence-corrected chi connectivity index (χ3v) is 4.63. The molecule has 1 atom stereocenters. The first-order valence-electron chi connectivity index (χ1n) is 9.69. The molecule has 31 heavy (non-hydrogen) atoms. The fourth-order valence-electron chi connectivity index (χ4n) is 3.00. The summed E-state index contributed by atoms with van der Waals surface area (Å²) in [6.07, 6.45) is -3.99. The number of methoxy groups -OCH3 is 1. The lowest BCUT2D eigenvalue weighted by molar-refractivity contribution is -0.137. The Balaban J connectivity index is 1.44. The summed E-state index contributed by atoms with van der Waals surface area (Å²) < 4.78 is 48.8. The van der Waals surface area contributed by atoms with Crippen LogP contribution in [0.4, 0.5) is 13.2 Å². The number of carbonyl (C=O) groups is 1. The molecule has 9 heteroatoms. The van der Waals surface area contributed by atoms with E-state index < -0.39 is 17.8 Å². The highest BCUT2D eigenvalue weighted by Gasteiger charge is 2.29. The summed E-state index contributed by atoms with van der Waals surface area (Å²) in [7, 11) is 1.55. The molecule has 2 aromatic carbocycles. The first kappa shape index (κ1) is 22.5. The molecule has 164 valence electrons. The van der Waals surface area contributed by atoms with E-state index >= 15 is 0 Å². The number of aromatic nitrogens is 2. The Morgan fingerprint density at radius 3 is 2.42 bits per heavy atom. The number of ether oxygens (including phenoxy) is 1. The van der Waals surface area contributed by atoms with Crippen molar-refractivity contribution in [2.45, 2.75) is 31.5 Å². The van der Waals surface area contributed by atoms with Gasteiger partial charge in [-0.15, -0.1) is 10.2 Å². The Bertz CT molecular complexity index is 973. The average molecular weight is 433 g/mol. The first-order chi connectivity index (χ1) is 14.9. The van der Waals surface area contributed by atoms with E-state index in [1.807, 2.05) is 30.3 Å². The predicted octanol–water partition coefficient (Wildman–Crippen LogP) is 4.12. The van der Waals surface area contributed by atoms with Crippen LogP contribution < -0.4 is 5.32 Å². The number of amides is 1. The van der Waals surface area contributed by atoms with E-state index in [1.165, 1.54) is 12.1 Å². The molecule has 3 rings (SSSR count). The third kappa shape index (κ3) is 6.39. The first-order valence-corrected chi connectivity index (χ1v) is 9.69. The van der Waals surface area contributed by atoms with E-state index in [0.29, 0.717) is 30.3 Å². The number of nitrogens with zero attached hydrogens (tertiary/aromatic N) is 2. The monoisotopic (exact) mass is 433 g/mol. The lowest BCUT2D eigenvalue weighted by atomic mass is 10.1. The second-order valence-corrected chi connectivity index (χ2v) is 6.86. The number of rotatable bonds is 9. The van der Waals surface area contributed by atoms with Crippen LogP contribution in [-0.4, -0.2) is 29.8 Å². The van der Waals surface area contributed by atoms with Gasteiger partial charge in [0.05, 0.1) is 5.56 Å². The number of carbonyl (C=O) groups excluding carboxylic acids is 1. The lowest BCUT2D eigenvalue weighted by Crippen LogP contribution is -2.25. The molecule has 0 spiro atoms. The van der Waals surface area contributed by atoms with Gasteiger partial charge < -0.3 is 14.5 Å². The SMILES string of the molecule is COC(c1ccccc1)c1nnc(CCC(=O)NCCc2ccc(C(F)(F)F)cc2)o1. The van der Waals surface area contributed by atoms with Crippen molar-refractivity contribution in [1.82, 2.24) is 15.5 Å². The maximum Gasteiger partial charge on any atom is 0.416 e. The van der Waals surface area contributed by atoms with Gasteiger partial charge in [-0.2, -0.15) is 13.2 Å². The Kier molecular flexibility index (Phi) is 7.41. The van der Waals surface area contributed by atoms with Crippen molar-refractivity contribution in [3.8, 4) is 0 Å². The quantitative estimate of drug-likeness (QED) is 0.550. The van der Waals surface area contributed by atoms with Crippen LogP contribution in [0.15, 0.2) is 59.0 Å². The standard InChI is InChI=1S/C22H22F3N3O3/c1-30-20(16-5-3-2-4-6-16)21-28-27-19(31-21)12-11-18(29)26-14-13-15-7-9-17(10-8-15)22(23,24)25/h2-10,20H,11-14H2,1H3,(H,26,29). The van der Waals surface area contributed by atoms with Gasteiger partial charge in [-0.05, 0) is 29.7 Å². The Hall–Kier alpha value is -3.20. The van der Waals surface area contributed by atoms with Gasteiger partial charge in [-0.25, -0.2) is 0 Å². The van der Waals surface area contributed by atoms with Gasteiger partial charge in [0.15, 0.2) is 6.10 Å². The molecule has 6 nitrogen and oxygen atoms in total. The maximum absolute atomic E-state index is 12.6. The molecule has 0 aliphatic heterocycles. The highest BCUT2D eigenvalue weighted by Crippen LogP contribution is 2.29. The number of benzene rings is 2. The summed E-state index contributed by atoms with van der Waals surface area (Å²) in [5, 5.41) is 10.7. The minimum absolute atomic E-state index is 0.150. The highest BCUT2D eigenvalue weighted by atomic mass is 19.4. The fraction of sp³-hybridized carbons (Fsp3) is 0.318. The van der Waals surface area contributed by atoms with Crippen molar-refractivity contribution < 1.29 is 27.1 Å². The normalized spacial score (nSPS) is 12.5. The predicted molar refractivity (Wildman–Crippen MR) is 106 cm³/mol. The van der Waals surface area contributed by atoms with Crippen molar-refractivity contribution in [2.24, 2.45) is 0 Å². The van der Waals surface area contributed by atoms with E-state index in [4.69, 9.17) is 9.15 Å². The second kappa shape index (κ2) is 10.2. The van der Waals surface area contributed by atoms with Crippen LogP contribution in [0.25, 0.3) is 0 Å². The van der Waals surface area contributed by atoms with Crippen LogP contribution in [0, 0.1) is 0 Å². The molecule has 0 radical (unpaired) electrons. The molecule has 0 saturated heterocycles. The van der Waals surface area contributed by atoms with Crippen LogP contribution in [0.1, 0.15) is 41.0 Å². The van der Waals surface area contributed by atoms with Crippen molar-refractivity contribution in [2.75, 3.05) is 13.7 Å². The lowest BCUT2D eigenvalue weighted by Gasteiger charge is -2.10. The van der Waals surface area contributed by atoms with Gasteiger partial charge in [0.25, 0.3) is 0 Å². The Morgan fingerprint density at radius 1 is 1.06 bits per heavy atom. The van der Waals surface area contributed by atoms with Gasteiger partial charge in [0.1, 0.15) is 0 Å². The van der Waals surface area contributed by atoms with Crippen molar-refractivity contribution >= 4 is 5.91 Å². The summed E-state index contributed by atoms with van der Waals surface area (Å²) in [6.45, 7) is 0.318. The minimum atomic E-state index is -4.36. The Morgan fingerprint density at radius 2 is 1.77 bits per heavy atom. The van der Waals surface area contributed by atoms with Crippen LogP contribution in [-0.2, 0) is 28.5 Å². The van der Waals surface area contributed by atoms with E-state index in [9.17, 15) is 18.0 Å². The number of halogens is 3. The van der Waals surface area contributed by atoms with Gasteiger partial charge in [-0.1, -0.05) is 42.5 Å². The topological polar surface area (TPSA) is 77.2 Å². The van der Waals surface area contributed by atoms with Gasteiger partial charge in [0, 0.05) is 26.5 Å². The molecule has 0 fully saturated rings. The largest absolute Gasteiger partial charge is 0.422 e. The molecule has 1 N–H and O–H groups in total. The maximum atomic E-state index is 12.6. The Labute approximate surface area is 177 Å². The van der Waals surface area contributed by atoms with E-state index in [2.05, 4.69) is 15.5 Å². The van der Waals surface area contributed by atoms with E-state index in [1.54, 1.807) is 7.11 Å². The molecule has 3 aromatic rings. The summed E-state index contributed by atoms with van der Waals surface area (Å²) in [5.74, 6) is 0.426. The van der Waals surface area contributed by atoms with Crippen LogP contribution in [0.5, 0.6) is 0 Å². The molecule has 0 saturated carbocycles. The van der Waals surface area contributed by atoms with Gasteiger partial charge >= 0.3 is 6.18 Å². The summed E-state index contributed by atoms with van der Waals surface area (Å²) in [6, 6.07) is 14.3. The van der Waals surface area contributed by atoms with E-state index in [-0.39, 0.29) is 18.7 Å².